The Kier molecular flexibility index (Phi) is 4.89. The highest BCUT2D eigenvalue weighted by Crippen LogP contribution is 2.21. The van der Waals surface area contributed by atoms with Crippen LogP contribution in [0.1, 0.15) is 6.92 Å². The number of rotatable bonds is 3. The number of thioether (sulfide) groups is 1. The molecule has 1 atom stereocenters. The first-order valence-corrected chi connectivity index (χ1v) is 7.74. The van der Waals surface area contributed by atoms with E-state index in [1.165, 1.54) is 4.90 Å². The summed E-state index contributed by atoms with van der Waals surface area (Å²) < 4.78 is 0. The second-order valence-corrected chi connectivity index (χ2v) is 5.63. The molecular weight excluding hydrogens is 276 g/mol. The molecule has 1 aliphatic rings. The number of para-hydroxylation sites is 1. The van der Waals surface area contributed by atoms with Gasteiger partial charge in [0.1, 0.15) is 6.04 Å². The predicted molar refractivity (Wildman–Crippen MR) is 80.3 cm³/mol. The first kappa shape index (κ1) is 14.7. The SMILES string of the molecule is CCN(C(=O)N1CCSCC1C(=O)O)c1ccccc1. The number of aliphatic carboxylic acids is 1. The van der Waals surface area contributed by atoms with Gasteiger partial charge in [-0.3, -0.25) is 4.90 Å². The van der Waals surface area contributed by atoms with Crippen LogP contribution in [0, 0.1) is 0 Å². The molecule has 1 aliphatic heterocycles. The monoisotopic (exact) mass is 294 g/mol. The zero-order chi connectivity index (χ0) is 14.5. The number of amides is 2. The number of hydrogen-bond acceptors (Lipinski definition) is 3. The molecule has 2 amide bonds. The molecule has 5 nitrogen and oxygen atoms in total. The van der Waals surface area contributed by atoms with E-state index in [0.717, 1.165) is 11.4 Å². The van der Waals surface area contributed by atoms with Crippen molar-refractivity contribution in [3.63, 3.8) is 0 Å². The lowest BCUT2D eigenvalue weighted by molar-refractivity contribution is -0.141. The maximum Gasteiger partial charge on any atom is 0.327 e. The lowest BCUT2D eigenvalue weighted by Gasteiger charge is -2.36. The summed E-state index contributed by atoms with van der Waals surface area (Å²) in [5.41, 5.74) is 0.794. The van der Waals surface area contributed by atoms with Gasteiger partial charge in [-0.15, -0.1) is 0 Å². The molecular formula is C14H18N2O3S. The quantitative estimate of drug-likeness (QED) is 0.928. The fraction of sp³-hybridized carbons (Fsp3) is 0.429. The Morgan fingerprint density at radius 3 is 2.70 bits per heavy atom. The smallest absolute Gasteiger partial charge is 0.327 e. The zero-order valence-electron chi connectivity index (χ0n) is 11.4. The summed E-state index contributed by atoms with van der Waals surface area (Å²) in [6.07, 6.45) is 0. The Morgan fingerprint density at radius 1 is 1.40 bits per heavy atom. The van der Waals surface area contributed by atoms with Crippen molar-refractivity contribution in [2.45, 2.75) is 13.0 Å². The van der Waals surface area contributed by atoms with Crippen LogP contribution >= 0.6 is 11.8 Å². The van der Waals surface area contributed by atoms with Gasteiger partial charge in [0.15, 0.2) is 0 Å². The summed E-state index contributed by atoms with van der Waals surface area (Å²) in [6, 6.07) is 8.37. The van der Waals surface area contributed by atoms with Gasteiger partial charge in [0, 0.05) is 30.3 Å². The van der Waals surface area contributed by atoms with E-state index in [1.54, 1.807) is 16.7 Å². The largest absolute Gasteiger partial charge is 0.480 e. The second kappa shape index (κ2) is 6.65. The normalized spacial score (nSPS) is 18.6. The first-order chi connectivity index (χ1) is 9.65. The number of nitrogens with zero attached hydrogens (tertiary/aromatic N) is 2. The summed E-state index contributed by atoms with van der Waals surface area (Å²) in [5, 5.41) is 9.26. The Morgan fingerprint density at radius 2 is 2.10 bits per heavy atom. The first-order valence-electron chi connectivity index (χ1n) is 6.59. The molecule has 1 aromatic carbocycles. The minimum absolute atomic E-state index is 0.230. The number of hydrogen-bond donors (Lipinski definition) is 1. The molecule has 0 bridgehead atoms. The Hall–Kier alpha value is -1.69. The molecule has 0 radical (unpaired) electrons. The topological polar surface area (TPSA) is 60.9 Å². The van der Waals surface area contributed by atoms with Crippen LogP contribution in [0.2, 0.25) is 0 Å². The third kappa shape index (κ3) is 3.07. The molecule has 1 aromatic rings. The van der Waals surface area contributed by atoms with Crippen molar-refractivity contribution in [2.75, 3.05) is 29.5 Å². The molecule has 0 aromatic heterocycles. The van der Waals surface area contributed by atoms with Gasteiger partial charge >= 0.3 is 12.0 Å². The molecule has 1 heterocycles. The van der Waals surface area contributed by atoms with Crippen molar-refractivity contribution >= 4 is 29.4 Å². The van der Waals surface area contributed by atoms with E-state index in [0.29, 0.717) is 18.8 Å². The molecule has 0 aliphatic carbocycles. The molecule has 2 rings (SSSR count). The van der Waals surface area contributed by atoms with Crippen LogP contribution in [0.5, 0.6) is 0 Å². The predicted octanol–water partition coefficient (Wildman–Crippen LogP) is 2.13. The summed E-state index contributed by atoms with van der Waals surface area (Å²) >= 11 is 1.57. The van der Waals surface area contributed by atoms with Crippen LogP contribution < -0.4 is 4.90 Å². The number of benzene rings is 1. The van der Waals surface area contributed by atoms with Crippen LogP contribution in [0.25, 0.3) is 0 Å². The number of carboxylic acid groups (broad SMARTS) is 1. The molecule has 1 saturated heterocycles. The van der Waals surface area contributed by atoms with Crippen molar-refractivity contribution in [3.8, 4) is 0 Å². The van der Waals surface area contributed by atoms with Crippen LogP contribution in [-0.4, -0.2) is 52.6 Å². The summed E-state index contributed by atoms with van der Waals surface area (Å²) in [5.74, 6) is 0.296. The van der Waals surface area contributed by atoms with E-state index in [1.807, 2.05) is 37.3 Å². The van der Waals surface area contributed by atoms with Gasteiger partial charge in [-0.1, -0.05) is 18.2 Å². The average molecular weight is 294 g/mol. The lowest BCUT2D eigenvalue weighted by atomic mass is 10.2. The molecule has 1 fully saturated rings. The summed E-state index contributed by atoms with van der Waals surface area (Å²) in [6.45, 7) is 2.88. The van der Waals surface area contributed by atoms with E-state index in [9.17, 15) is 14.7 Å². The average Bonchev–Trinajstić information content (AvgIpc) is 2.49. The molecule has 1 unspecified atom stereocenters. The third-order valence-electron chi connectivity index (χ3n) is 3.27. The summed E-state index contributed by atoms with van der Waals surface area (Å²) in [4.78, 5) is 27.0. The van der Waals surface area contributed by atoms with Crippen LogP contribution in [-0.2, 0) is 4.79 Å². The number of anilines is 1. The van der Waals surface area contributed by atoms with Crippen LogP contribution in [0.4, 0.5) is 10.5 Å². The van der Waals surface area contributed by atoms with Crippen LogP contribution in [0.15, 0.2) is 30.3 Å². The Bertz CT molecular complexity index is 481. The number of carbonyl (C=O) groups is 2. The highest BCUT2D eigenvalue weighted by molar-refractivity contribution is 7.99. The second-order valence-electron chi connectivity index (χ2n) is 4.48. The molecule has 108 valence electrons. The molecule has 6 heteroatoms. The standard InChI is InChI=1S/C14H18N2O3S/c1-2-15(11-6-4-3-5-7-11)14(19)16-8-9-20-10-12(16)13(17)18/h3-7,12H,2,8-10H2,1H3,(H,17,18). The Labute approximate surface area is 122 Å². The molecule has 0 spiro atoms. The van der Waals surface area contributed by atoms with E-state index in [2.05, 4.69) is 0 Å². The van der Waals surface area contributed by atoms with Crippen molar-refractivity contribution in [2.24, 2.45) is 0 Å². The third-order valence-corrected chi connectivity index (χ3v) is 4.30. The highest BCUT2D eigenvalue weighted by Gasteiger charge is 2.34. The molecule has 20 heavy (non-hydrogen) atoms. The number of carboxylic acids is 1. The fourth-order valence-electron chi connectivity index (χ4n) is 2.23. The van der Waals surface area contributed by atoms with Gasteiger partial charge in [0.2, 0.25) is 0 Å². The lowest BCUT2D eigenvalue weighted by Crippen LogP contribution is -2.55. The van der Waals surface area contributed by atoms with Gasteiger partial charge in [-0.2, -0.15) is 11.8 Å². The maximum absolute atomic E-state index is 12.6. The van der Waals surface area contributed by atoms with E-state index < -0.39 is 12.0 Å². The zero-order valence-corrected chi connectivity index (χ0v) is 12.2. The van der Waals surface area contributed by atoms with E-state index >= 15 is 0 Å². The van der Waals surface area contributed by atoms with Crippen LogP contribution in [0.3, 0.4) is 0 Å². The molecule has 0 saturated carbocycles. The minimum atomic E-state index is -0.935. The number of carbonyl (C=O) groups excluding carboxylic acids is 1. The van der Waals surface area contributed by atoms with Gasteiger partial charge in [-0.05, 0) is 19.1 Å². The van der Waals surface area contributed by atoms with Gasteiger partial charge in [0.25, 0.3) is 0 Å². The van der Waals surface area contributed by atoms with Crippen molar-refractivity contribution in [1.82, 2.24) is 4.90 Å². The van der Waals surface area contributed by atoms with Crippen molar-refractivity contribution in [1.29, 1.82) is 0 Å². The fourth-order valence-corrected chi connectivity index (χ4v) is 3.27. The molecule has 1 N–H and O–H groups in total. The highest BCUT2D eigenvalue weighted by atomic mass is 32.2. The maximum atomic E-state index is 12.6. The van der Waals surface area contributed by atoms with Gasteiger partial charge in [0.05, 0.1) is 0 Å². The van der Waals surface area contributed by atoms with Gasteiger partial charge < -0.3 is 10.0 Å². The van der Waals surface area contributed by atoms with E-state index in [4.69, 9.17) is 0 Å². The van der Waals surface area contributed by atoms with E-state index in [-0.39, 0.29) is 6.03 Å². The van der Waals surface area contributed by atoms with Crippen molar-refractivity contribution in [3.05, 3.63) is 30.3 Å². The number of urea groups is 1. The van der Waals surface area contributed by atoms with Crippen molar-refractivity contribution < 1.29 is 14.7 Å². The minimum Gasteiger partial charge on any atom is -0.480 e. The Balaban J connectivity index is 2.21. The van der Waals surface area contributed by atoms with Gasteiger partial charge in [-0.25, -0.2) is 9.59 Å². The summed E-state index contributed by atoms with van der Waals surface area (Å²) in [7, 11) is 0.